The summed E-state index contributed by atoms with van der Waals surface area (Å²) in [7, 11) is 0. The molecule has 3 nitrogen and oxygen atoms in total. The van der Waals surface area contributed by atoms with Crippen molar-refractivity contribution in [1.29, 1.82) is 0 Å². The lowest BCUT2D eigenvalue weighted by Crippen LogP contribution is -2.44. The highest BCUT2D eigenvalue weighted by atomic mass is 16.3. The van der Waals surface area contributed by atoms with E-state index < -0.39 is 11.5 Å². The summed E-state index contributed by atoms with van der Waals surface area (Å²) in [6.07, 6.45) is 4.84. The quantitative estimate of drug-likeness (QED) is 0.560. The molecule has 1 aliphatic rings. The van der Waals surface area contributed by atoms with Gasteiger partial charge in [-0.25, -0.2) is 0 Å². The molecular weight excluding hydrogens is 370 g/mol. The van der Waals surface area contributed by atoms with E-state index in [2.05, 4.69) is 6.92 Å². The molecule has 1 amide bonds. The van der Waals surface area contributed by atoms with Crippen molar-refractivity contribution in [3.8, 4) is 0 Å². The number of allylic oxidation sites excluding steroid dienone is 1. The molecule has 0 saturated heterocycles. The lowest BCUT2D eigenvalue weighted by Gasteiger charge is -2.31. The van der Waals surface area contributed by atoms with E-state index in [4.69, 9.17) is 0 Å². The molecule has 1 N–H and O–H groups in total. The summed E-state index contributed by atoms with van der Waals surface area (Å²) < 4.78 is 0. The van der Waals surface area contributed by atoms with E-state index in [-0.39, 0.29) is 5.91 Å². The number of nitrogens with zero attached hydrogens (tertiary/aromatic N) is 1. The van der Waals surface area contributed by atoms with E-state index in [0.717, 1.165) is 28.8 Å². The molecule has 0 aromatic heterocycles. The van der Waals surface area contributed by atoms with Gasteiger partial charge in [-0.2, -0.15) is 0 Å². The Bertz CT molecular complexity index is 1060. The Morgan fingerprint density at radius 2 is 1.67 bits per heavy atom. The molecule has 0 radical (unpaired) electrons. The number of benzene rings is 3. The van der Waals surface area contributed by atoms with E-state index in [1.807, 2.05) is 97.9 Å². The highest BCUT2D eigenvalue weighted by Crippen LogP contribution is 2.49. The summed E-state index contributed by atoms with van der Waals surface area (Å²) >= 11 is 0. The average molecular weight is 398 g/mol. The minimum Gasteiger partial charge on any atom is -0.374 e. The zero-order chi connectivity index (χ0) is 21.1. The van der Waals surface area contributed by atoms with Crippen molar-refractivity contribution < 1.29 is 9.90 Å². The largest absolute Gasteiger partial charge is 0.374 e. The molecule has 152 valence electrons. The molecule has 0 fully saturated rings. The molecule has 0 saturated carbocycles. The number of fused-ring (bicyclic) bond motifs is 1. The number of carbonyl (C=O) groups excluding carboxylic acids is 1. The minimum absolute atomic E-state index is 0.276. The maximum Gasteiger partial charge on any atom is 0.264 e. The fourth-order valence-corrected chi connectivity index (χ4v) is 4.27. The molecule has 2 atom stereocenters. The predicted octanol–water partition coefficient (Wildman–Crippen LogP) is 5.48. The number of aryl methyl sites for hydroxylation is 1. The Morgan fingerprint density at radius 3 is 2.33 bits per heavy atom. The highest BCUT2D eigenvalue weighted by Gasteiger charge is 2.54. The van der Waals surface area contributed by atoms with Crippen LogP contribution in [0.5, 0.6) is 0 Å². The topological polar surface area (TPSA) is 40.5 Å². The summed E-state index contributed by atoms with van der Waals surface area (Å²) in [4.78, 5) is 15.5. The fourth-order valence-electron chi connectivity index (χ4n) is 4.27. The van der Waals surface area contributed by atoms with Crippen LogP contribution in [0.25, 0.3) is 0 Å². The number of aliphatic hydroxyl groups is 1. The fraction of sp³-hybridized carbons (Fsp3) is 0.222. The van der Waals surface area contributed by atoms with Crippen LogP contribution >= 0.6 is 0 Å². The lowest BCUT2D eigenvalue weighted by atomic mass is 9.77. The monoisotopic (exact) mass is 397 g/mol. The van der Waals surface area contributed by atoms with E-state index >= 15 is 0 Å². The Morgan fingerprint density at radius 1 is 1.00 bits per heavy atom. The molecular formula is C27H27NO2. The van der Waals surface area contributed by atoms with E-state index in [9.17, 15) is 9.90 Å². The number of hydrogen-bond donors (Lipinski definition) is 1. The van der Waals surface area contributed by atoms with Crippen LogP contribution in [0.3, 0.4) is 0 Å². The van der Waals surface area contributed by atoms with Crippen LogP contribution in [0.1, 0.15) is 41.5 Å². The summed E-state index contributed by atoms with van der Waals surface area (Å²) in [6, 6.07) is 25.6. The van der Waals surface area contributed by atoms with Gasteiger partial charge in [-0.3, -0.25) is 4.79 Å². The van der Waals surface area contributed by atoms with Gasteiger partial charge in [0, 0.05) is 11.5 Å². The second kappa shape index (κ2) is 8.29. The molecule has 3 aromatic carbocycles. The maximum absolute atomic E-state index is 13.8. The van der Waals surface area contributed by atoms with Crippen LogP contribution in [0.15, 0.2) is 91.0 Å². The first-order chi connectivity index (χ1) is 14.6. The van der Waals surface area contributed by atoms with Gasteiger partial charge in [0.25, 0.3) is 5.91 Å². The summed E-state index contributed by atoms with van der Waals surface area (Å²) in [5, 5.41) is 12.1. The first-order valence-corrected chi connectivity index (χ1v) is 10.5. The zero-order valence-electron chi connectivity index (χ0n) is 17.5. The third-order valence-corrected chi connectivity index (χ3v) is 5.78. The van der Waals surface area contributed by atoms with Crippen molar-refractivity contribution in [2.45, 2.75) is 38.3 Å². The van der Waals surface area contributed by atoms with Gasteiger partial charge in [-0.05, 0) is 30.5 Å². The van der Waals surface area contributed by atoms with Gasteiger partial charge >= 0.3 is 0 Å². The molecule has 30 heavy (non-hydrogen) atoms. The Balaban J connectivity index is 1.86. The zero-order valence-corrected chi connectivity index (χ0v) is 17.5. The summed E-state index contributed by atoms with van der Waals surface area (Å²) in [6.45, 7) is 4.47. The van der Waals surface area contributed by atoms with Crippen LogP contribution in [-0.2, 0) is 16.9 Å². The second-order valence-corrected chi connectivity index (χ2v) is 7.89. The van der Waals surface area contributed by atoms with Crippen LogP contribution < -0.4 is 4.90 Å². The first-order valence-electron chi connectivity index (χ1n) is 10.5. The number of anilines is 1. The van der Waals surface area contributed by atoms with Gasteiger partial charge in [0.1, 0.15) is 0 Å². The molecule has 0 unspecified atom stereocenters. The van der Waals surface area contributed by atoms with Gasteiger partial charge in [-0.15, -0.1) is 0 Å². The van der Waals surface area contributed by atoms with Crippen molar-refractivity contribution in [3.05, 3.63) is 113 Å². The highest BCUT2D eigenvalue weighted by molar-refractivity contribution is 6.07. The first kappa shape index (κ1) is 20.1. The molecule has 0 spiro atoms. The predicted molar refractivity (Wildman–Crippen MR) is 121 cm³/mol. The van der Waals surface area contributed by atoms with Crippen molar-refractivity contribution in [3.63, 3.8) is 0 Å². The third-order valence-electron chi connectivity index (χ3n) is 5.78. The summed E-state index contributed by atoms with van der Waals surface area (Å²) in [5.74, 6) is -0.742. The normalized spacial score (nSPS) is 19.3. The van der Waals surface area contributed by atoms with Crippen LogP contribution in [-0.4, -0.2) is 11.0 Å². The molecule has 0 aliphatic carbocycles. The molecule has 1 aliphatic heterocycles. The van der Waals surface area contributed by atoms with E-state index in [1.54, 1.807) is 4.90 Å². The van der Waals surface area contributed by atoms with Crippen LogP contribution in [0.4, 0.5) is 5.69 Å². The van der Waals surface area contributed by atoms with E-state index in [1.165, 1.54) is 0 Å². The number of rotatable bonds is 6. The van der Waals surface area contributed by atoms with Gasteiger partial charge in [0.05, 0.1) is 12.2 Å². The van der Waals surface area contributed by atoms with Gasteiger partial charge in [-0.1, -0.05) is 97.4 Å². The molecule has 3 heteroatoms. The minimum atomic E-state index is -1.65. The molecule has 0 bridgehead atoms. The van der Waals surface area contributed by atoms with Crippen LogP contribution in [0.2, 0.25) is 0 Å². The number of amides is 1. The Kier molecular flexibility index (Phi) is 5.56. The summed E-state index contributed by atoms with van der Waals surface area (Å²) in [5.41, 5.74) is 2.78. The second-order valence-electron chi connectivity index (χ2n) is 7.89. The van der Waals surface area contributed by atoms with E-state index in [0.29, 0.717) is 12.1 Å². The van der Waals surface area contributed by atoms with Gasteiger partial charge < -0.3 is 10.0 Å². The molecule has 3 aromatic rings. The molecule has 4 rings (SSSR count). The lowest BCUT2D eigenvalue weighted by molar-refractivity contribution is -0.137. The smallest absolute Gasteiger partial charge is 0.264 e. The van der Waals surface area contributed by atoms with Crippen LogP contribution in [0, 0.1) is 6.92 Å². The standard InChI is InChI=1S/C27H27NO2/c1-3-4-15-23(22-13-9-6-10-14-22)27(30)24-18-20(2)16-17-25(24)28(26(27)29)19-21-11-7-5-8-12-21/h4-18,23,30H,3,19H2,1-2H3/b15-4+/t23-,27+/m0/s1. The van der Waals surface area contributed by atoms with Crippen molar-refractivity contribution >= 4 is 11.6 Å². The van der Waals surface area contributed by atoms with Gasteiger partial charge in [0.2, 0.25) is 0 Å². The van der Waals surface area contributed by atoms with Crippen molar-refractivity contribution in [2.75, 3.05) is 4.90 Å². The number of carbonyl (C=O) groups is 1. The van der Waals surface area contributed by atoms with Crippen molar-refractivity contribution in [1.82, 2.24) is 0 Å². The van der Waals surface area contributed by atoms with Crippen molar-refractivity contribution in [2.24, 2.45) is 0 Å². The van der Waals surface area contributed by atoms with Gasteiger partial charge in [0.15, 0.2) is 5.60 Å². The Labute approximate surface area is 178 Å². The third kappa shape index (κ3) is 3.46. The molecule has 1 heterocycles. The average Bonchev–Trinajstić information content (AvgIpc) is 2.97. The SMILES string of the molecule is CC/C=C/[C@@H](c1ccccc1)[C@]1(O)C(=O)N(Cc2ccccc2)c2ccc(C)cc21. The Hall–Kier alpha value is -3.17. The number of hydrogen-bond acceptors (Lipinski definition) is 2. The maximum atomic E-state index is 13.8.